The maximum atomic E-state index is 12.3. The van der Waals surface area contributed by atoms with Crippen LogP contribution in [-0.2, 0) is 0 Å². The Morgan fingerprint density at radius 2 is 1.15 bits per heavy atom. The fourth-order valence-corrected chi connectivity index (χ4v) is 2.77. The number of hydrazone groups is 2. The lowest BCUT2D eigenvalue weighted by Crippen LogP contribution is -2.23. The topological polar surface area (TPSA) is 114 Å². The second-order valence-electron chi connectivity index (χ2n) is 6.81. The number of ether oxygens (including phenoxy) is 2. The van der Waals surface area contributed by atoms with E-state index in [9.17, 15) is 9.59 Å². The van der Waals surface area contributed by atoms with Gasteiger partial charge in [0.15, 0.2) is 0 Å². The number of pyridine rings is 1. The van der Waals surface area contributed by atoms with Crippen LogP contribution in [0.15, 0.2) is 76.9 Å². The number of nitrogens with zero attached hydrogens (tertiary/aromatic N) is 3. The first kappa shape index (κ1) is 24.1. The Bertz CT molecular complexity index is 1070. The Morgan fingerprint density at radius 3 is 1.53 bits per heavy atom. The third-order valence-corrected chi connectivity index (χ3v) is 4.36. The molecule has 0 aliphatic carbocycles. The van der Waals surface area contributed by atoms with Crippen molar-refractivity contribution >= 4 is 24.2 Å². The molecule has 2 N–H and O–H groups in total. The van der Waals surface area contributed by atoms with Gasteiger partial charge in [0, 0.05) is 0 Å². The minimum atomic E-state index is -0.547. The van der Waals surface area contributed by atoms with Gasteiger partial charge in [-0.05, 0) is 85.6 Å². The summed E-state index contributed by atoms with van der Waals surface area (Å²) in [5.74, 6) is 0.419. The first-order valence-corrected chi connectivity index (χ1v) is 10.7. The molecule has 0 spiro atoms. The molecule has 2 aromatic carbocycles. The average Bonchev–Trinajstić information content (AvgIpc) is 2.86. The molecule has 0 saturated heterocycles. The van der Waals surface area contributed by atoms with E-state index >= 15 is 0 Å². The lowest BCUT2D eigenvalue weighted by molar-refractivity contribution is 0.0945. The van der Waals surface area contributed by atoms with Crippen LogP contribution >= 0.6 is 0 Å². The predicted molar refractivity (Wildman–Crippen MR) is 130 cm³/mol. The third kappa shape index (κ3) is 7.27. The van der Waals surface area contributed by atoms with Gasteiger partial charge in [-0.1, -0.05) is 6.07 Å². The molecule has 1 heterocycles. The van der Waals surface area contributed by atoms with Crippen LogP contribution in [0.3, 0.4) is 0 Å². The number of carbonyl (C=O) groups is 2. The Kier molecular flexibility index (Phi) is 8.86. The molecule has 0 aliphatic rings. The van der Waals surface area contributed by atoms with Crippen molar-refractivity contribution in [2.45, 2.75) is 13.8 Å². The van der Waals surface area contributed by atoms with Gasteiger partial charge in [0.25, 0.3) is 11.8 Å². The zero-order chi connectivity index (χ0) is 24.2. The summed E-state index contributed by atoms with van der Waals surface area (Å²) in [5.41, 5.74) is 6.46. The standard InChI is InChI=1S/C25H25N5O4/c1-3-33-20-12-8-18(9-13-20)16-26-29-24(31)22-6-5-7-23(28-22)25(32)30-27-17-19-10-14-21(15-11-19)34-4-2/h5-17H,3-4H2,1-2H3,(H,29,31)(H,30,32)/b26-16+,27-17+. The molecule has 3 rings (SSSR count). The minimum absolute atomic E-state index is 0.0481. The maximum absolute atomic E-state index is 12.3. The van der Waals surface area contributed by atoms with Gasteiger partial charge >= 0.3 is 0 Å². The number of amides is 2. The molecular weight excluding hydrogens is 434 g/mol. The SMILES string of the molecule is CCOc1ccc(/C=N/NC(=O)c2cccc(C(=O)N/N=C/c3ccc(OCC)cc3)n2)cc1. The van der Waals surface area contributed by atoms with Crippen LogP contribution < -0.4 is 20.3 Å². The fraction of sp³-hybridized carbons (Fsp3) is 0.160. The zero-order valence-electron chi connectivity index (χ0n) is 18.9. The number of benzene rings is 2. The Labute approximate surface area is 197 Å². The molecule has 9 nitrogen and oxygen atoms in total. The molecule has 0 fully saturated rings. The van der Waals surface area contributed by atoms with Crippen molar-refractivity contribution in [2.24, 2.45) is 10.2 Å². The Hall–Kier alpha value is -4.53. The smallest absolute Gasteiger partial charge is 0.289 e. The highest BCUT2D eigenvalue weighted by molar-refractivity contribution is 5.97. The first-order chi connectivity index (χ1) is 16.6. The number of carbonyl (C=O) groups excluding carboxylic acids is 2. The van der Waals surface area contributed by atoms with Crippen LogP contribution in [-0.4, -0.2) is 42.4 Å². The third-order valence-electron chi connectivity index (χ3n) is 4.36. The lowest BCUT2D eigenvalue weighted by Gasteiger charge is -2.04. The predicted octanol–water partition coefficient (Wildman–Crippen LogP) is 3.41. The number of rotatable bonds is 10. The molecule has 0 aliphatic heterocycles. The van der Waals surface area contributed by atoms with Gasteiger partial charge < -0.3 is 9.47 Å². The Balaban J connectivity index is 1.54. The lowest BCUT2D eigenvalue weighted by atomic mass is 10.2. The quantitative estimate of drug-likeness (QED) is 0.356. The molecule has 3 aromatic rings. The van der Waals surface area contributed by atoms with Crippen molar-refractivity contribution < 1.29 is 19.1 Å². The molecule has 0 atom stereocenters. The summed E-state index contributed by atoms with van der Waals surface area (Å²) in [6.07, 6.45) is 3.00. The van der Waals surface area contributed by atoms with Crippen molar-refractivity contribution in [3.8, 4) is 11.5 Å². The van der Waals surface area contributed by atoms with Crippen molar-refractivity contribution in [3.05, 3.63) is 89.2 Å². The first-order valence-electron chi connectivity index (χ1n) is 10.7. The summed E-state index contributed by atoms with van der Waals surface area (Å²) in [4.78, 5) is 28.8. The van der Waals surface area contributed by atoms with Crippen LogP contribution in [0.25, 0.3) is 0 Å². The van der Waals surface area contributed by atoms with Crippen molar-refractivity contribution in [1.82, 2.24) is 15.8 Å². The molecule has 174 valence electrons. The molecule has 9 heteroatoms. The number of nitrogens with one attached hydrogen (secondary N) is 2. The normalized spacial score (nSPS) is 10.9. The Morgan fingerprint density at radius 1 is 0.735 bits per heavy atom. The van der Waals surface area contributed by atoms with Gasteiger partial charge in [-0.3, -0.25) is 9.59 Å². The fourth-order valence-electron chi connectivity index (χ4n) is 2.77. The van der Waals surface area contributed by atoms with Crippen LogP contribution in [0.2, 0.25) is 0 Å². The number of hydrogen-bond donors (Lipinski definition) is 2. The van der Waals surface area contributed by atoms with Gasteiger partial charge in [-0.2, -0.15) is 10.2 Å². The van der Waals surface area contributed by atoms with Gasteiger partial charge in [-0.15, -0.1) is 0 Å². The van der Waals surface area contributed by atoms with Gasteiger partial charge in [0.1, 0.15) is 22.9 Å². The summed E-state index contributed by atoms with van der Waals surface area (Å²) in [6, 6.07) is 19.1. The second-order valence-corrected chi connectivity index (χ2v) is 6.81. The summed E-state index contributed by atoms with van der Waals surface area (Å²) < 4.78 is 10.8. The number of aromatic nitrogens is 1. The van der Waals surface area contributed by atoms with Gasteiger partial charge in [-0.25, -0.2) is 15.8 Å². The van der Waals surface area contributed by atoms with E-state index in [2.05, 4.69) is 26.0 Å². The van der Waals surface area contributed by atoms with Crippen LogP contribution in [0.5, 0.6) is 11.5 Å². The van der Waals surface area contributed by atoms with Gasteiger partial charge in [0.2, 0.25) is 0 Å². The largest absolute Gasteiger partial charge is 0.494 e. The molecule has 0 unspecified atom stereocenters. The van der Waals surface area contributed by atoms with E-state index in [-0.39, 0.29) is 11.4 Å². The molecule has 2 amide bonds. The van der Waals surface area contributed by atoms with E-state index in [0.29, 0.717) is 13.2 Å². The summed E-state index contributed by atoms with van der Waals surface area (Å²) >= 11 is 0. The summed E-state index contributed by atoms with van der Waals surface area (Å²) in [7, 11) is 0. The summed E-state index contributed by atoms with van der Waals surface area (Å²) in [6.45, 7) is 4.99. The van der Waals surface area contributed by atoms with Crippen LogP contribution in [0.4, 0.5) is 0 Å². The van der Waals surface area contributed by atoms with E-state index in [1.165, 1.54) is 24.6 Å². The zero-order valence-corrected chi connectivity index (χ0v) is 18.9. The van der Waals surface area contributed by atoms with E-state index < -0.39 is 11.8 Å². The van der Waals surface area contributed by atoms with Gasteiger partial charge in [0.05, 0.1) is 25.6 Å². The minimum Gasteiger partial charge on any atom is -0.494 e. The molecule has 34 heavy (non-hydrogen) atoms. The van der Waals surface area contributed by atoms with Crippen molar-refractivity contribution in [1.29, 1.82) is 0 Å². The average molecular weight is 460 g/mol. The second kappa shape index (κ2) is 12.5. The maximum Gasteiger partial charge on any atom is 0.289 e. The van der Waals surface area contributed by atoms with E-state index in [4.69, 9.17) is 9.47 Å². The molecular formula is C25H25N5O4. The molecule has 0 saturated carbocycles. The highest BCUT2D eigenvalue weighted by Crippen LogP contribution is 2.11. The van der Waals surface area contributed by atoms with Crippen molar-refractivity contribution in [2.75, 3.05) is 13.2 Å². The van der Waals surface area contributed by atoms with E-state index in [1.807, 2.05) is 62.4 Å². The van der Waals surface area contributed by atoms with E-state index in [1.54, 1.807) is 6.07 Å². The van der Waals surface area contributed by atoms with Crippen molar-refractivity contribution in [3.63, 3.8) is 0 Å². The summed E-state index contributed by atoms with van der Waals surface area (Å²) in [5, 5.41) is 7.86. The highest BCUT2D eigenvalue weighted by atomic mass is 16.5. The molecule has 0 radical (unpaired) electrons. The number of hydrogen-bond acceptors (Lipinski definition) is 7. The monoisotopic (exact) mass is 459 g/mol. The van der Waals surface area contributed by atoms with Crippen LogP contribution in [0.1, 0.15) is 46.0 Å². The molecule has 0 bridgehead atoms. The van der Waals surface area contributed by atoms with E-state index in [0.717, 1.165) is 22.6 Å². The van der Waals surface area contributed by atoms with Crippen LogP contribution in [0, 0.1) is 0 Å². The molecule has 1 aromatic heterocycles. The highest BCUT2D eigenvalue weighted by Gasteiger charge is 2.11.